The molecule has 0 rings (SSSR count). The molecule has 0 saturated heterocycles. The summed E-state index contributed by atoms with van der Waals surface area (Å²) in [5.74, 6) is 0. The molecule has 52 valence electrons. The fourth-order valence-electron chi connectivity index (χ4n) is 0.249. The summed E-state index contributed by atoms with van der Waals surface area (Å²) >= 11 is 17.0. The minimum absolute atomic E-state index is 0.299. The predicted octanol–water partition coefficient (Wildman–Crippen LogP) is 3.19. The molecule has 9 heavy (non-hydrogen) atoms. The van der Waals surface area contributed by atoms with Gasteiger partial charge >= 0.3 is 0 Å². The van der Waals surface area contributed by atoms with Crippen molar-refractivity contribution in [2.45, 2.75) is 14.5 Å². The zero-order valence-electron chi connectivity index (χ0n) is 4.24. The summed E-state index contributed by atoms with van der Waals surface area (Å²) in [6.07, 6.45) is 0.354. The van der Waals surface area contributed by atoms with E-state index in [1.165, 1.54) is 0 Å². The molecule has 0 aliphatic carbocycles. The number of hydrogen-bond donors (Lipinski definition) is 0. The third kappa shape index (κ3) is 6.92. The van der Waals surface area contributed by atoms with Gasteiger partial charge in [-0.25, -0.2) is 0 Å². The second kappa shape index (κ2) is 4.02. The molecule has 0 spiro atoms. The highest BCUT2D eigenvalue weighted by Crippen LogP contribution is 2.35. The number of rotatable bonds is 2. The summed E-state index contributed by atoms with van der Waals surface area (Å²) < 4.78 is -0.989. The van der Waals surface area contributed by atoms with Crippen LogP contribution in [0.4, 0.5) is 0 Å². The average Bonchev–Trinajstić information content (AvgIpc) is 1.62. The maximum atomic E-state index is 8.26. The molecular weight excluding hydrogens is 293 g/mol. The highest BCUT2D eigenvalue weighted by Gasteiger charge is 2.22. The number of halogens is 4. The first-order chi connectivity index (χ1) is 3.95. The molecule has 5 heteroatoms. The van der Waals surface area contributed by atoms with Crippen LogP contribution in [0.15, 0.2) is 0 Å². The standard InChI is InChI=1S/C4H3Br2Cl2N/c5-3(2-9)1-4(6,7)8/h3H,1H2. The van der Waals surface area contributed by atoms with Crippen LogP contribution < -0.4 is 0 Å². The quantitative estimate of drug-likeness (QED) is 0.718. The predicted molar refractivity (Wildman–Crippen MR) is 46.3 cm³/mol. The van der Waals surface area contributed by atoms with Crippen LogP contribution in [0.3, 0.4) is 0 Å². The van der Waals surface area contributed by atoms with E-state index in [1.54, 1.807) is 0 Å². The summed E-state index contributed by atoms with van der Waals surface area (Å²) in [6.45, 7) is 0. The Balaban J connectivity index is 3.63. The van der Waals surface area contributed by atoms with Crippen LogP contribution in [0.1, 0.15) is 6.42 Å². The largest absolute Gasteiger partial charge is 0.197 e. The smallest absolute Gasteiger partial charge is 0.174 e. The van der Waals surface area contributed by atoms with E-state index < -0.39 is 3.24 Å². The van der Waals surface area contributed by atoms with E-state index >= 15 is 0 Å². The number of alkyl halides is 4. The molecule has 0 saturated carbocycles. The molecule has 0 fully saturated rings. The Labute approximate surface area is 80.6 Å². The lowest BCUT2D eigenvalue weighted by Gasteiger charge is -2.09. The second-order valence-corrected chi connectivity index (χ2v) is 6.27. The van der Waals surface area contributed by atoms with E-state index in [-0.39, 0.29) is 4.83 Å². The van der Waals surface area contributed by atoms with E-state index in [0.29, 0.717) is 6.42 Å². The zero-order valence-corrected chi connectivity index (χ0v) is 8.93. The van der Waals surface area contributed by atoms with Crippen LogP contribution in [-0.2, 0) is 0 Å². The third-order valence-corrected chi connectivity index (χ3v) is 1.71. The van der Waals surface area contributed by atoms with Gasteiger partial charge in [0.1, 0.15) is 4.83 Å². The molecule has 1 atom stereocenters. The first-order valence-corrected chi connectivity index (χ1v) is 4.52. The normalized spacial score (nSPS) is 14.6. The van der Waals surface area contributed by atoms with Crippen LogP contribution in [0.2, 0.25) is 0 Å². The summed E-state index contributed by atoms with van der Waals surface area (Å²) in [6, 6.07) is 1.94. The van der Waals surface area contributed by atoms with Crippen molar-refractivity contribution in [3.63, 3.8) is 0 Å². The highest BCUT2D eigenvalue weighted by molar-refractivity contribution is 9.11. The second-order valence-electron chi connectivity index (χ2n) is 1.42. The molecule has 0 aromatic carbocycles. The number of nitriles is 1. The van der Waals surface area contributed by atoms with Crippen LogP contribution in [0.5, 0.6) is 0 Å². The number of hydrogen-bond acceptors (Lipinski definition) is 1. The molecule has 0 aromatic heterocycles. The van der Waals surface area contributed by atoms with Crippen molar-refractivity contribution in [3.8, 4) is 6.07 Å². The van der Waals surface area contributed by atoms with Crippen molar-refractivity contribution in [3.05, 3.63) is 0 Å². The summed E-state index contributed by atoms with van der Waals surface area (Å²) in [7, 11) is 0. The molecule has 1 unspecified atom stereocenters. The summed E-state index contributed by atoms with van der Waals surface area (Å²) in [4.78, 5) is -0.299. The van der Waals surface area contributed by atoms with Gasteiger partial charge in [0.05, 0.1) is 6.07 Å². The van der Waals surface area contributed by atoms with Gasteiger partial charge in [-0.05, 0) is 15.9 Å². The zero-order chi connectivity index (χ0) is 7.49. The highest BCUT2D eigenvalue weighted by atomic mass is 79.9. The average molecular weight is 296 g/mol. The fraction of sp³-hybridized carbons (Fsp3) is 0.750. The van der Waals surface area contributed by atoms with Crippen LogP contribution >= 0.6 is 55.1 Å². The van der Waals surface area contributed by atoms with Gasteiger partial charge in [-0.2, -0.15) is 5.26 Å². The third-order valence-electron chi connectivity index (χ3n) is 0.551. The van der Waals surface area contributed by atoms with Gasteiger partial charge in [-0.15, -0.1) is 0 Å². The van der Waals surface area contributed by atoms with E-state index in [2.05, 4.69) is 31.9 Å². The van der Waals surface area contributed by atoms with Gasteiger partial charge in [0.25, 0.3) is 0 Å². The molecule has 0 bridgehead atoms. The number of nitrogens with zero attached hydrogens (tertiary/aromatic N) is 1. The summed E-state index contributed by atoms with van der Waals surface area (Å²) in [5.41, 5.74) is 0. The maximum Gasteiger partial charge on any atom is 0.174 e. The Bertz CT molecular complexity index is 126. The van der Waals surface area contributed by atoms with Gasteiger partial charge in [0, 0.05) is 6.42 Å². The maximum absolute atomic E-state index is 8.26. The van der Waals surface area contributed by atoms with E-state index in [9.17, 15) is 0 Å². The lowest BCUT2D eigenvalue weighted by atomic mass is 10.4. The van der Waals surface area contributed by atoms with Gasteiger partial charge in [-0.3, -0.25) is 0 Å². The van der Waals surface area contributed by atoms with Gasteiger partial charge in [0.2, 0.25) is 0 Å². The monoisotopic (exact) mass is 293 g/mol. The molecule has 0 N–H and O–H groups in total. The first kappa shape index (κ1) is 10.0. The molecule has 0 aromatic rings. The van der Waals surface area contributed by atoms with E-state index in [0.717, 1.165) is 0 Å². The Hall–Kier alpha value is 1.03. The topological polar surface area (TPSA) is 23.8 Å². The van der Waals surface area contributed by atoms with Crippen LogP contribution in [-0.4, -0.2) is 8.07 Å². The minimum atomic E-state index is -0.989. The van der Waals surface area contributed by atoms with Gasteiger partial charge < -0.3 is 0 Å². The molecule has 0 aliphatic rings. The van der Waals surface area contributed by atoms with Crippen LogP contribution in [0, 0.1) is 11.3 Å². The van der Waals surface area contributed by atoms with Gasteiger partial charge in [0.15, 0.2) is 3.24 Å². The molecule has 0 aliphatic heterocycles. The van der Waals surface area contributed by atoms with Crippen molar-refractivity contribution < 1.29 is 0 Å². The van der Waals surface area contributed by atoms with Crippen molar-refractivity contribution in [2.24, 2.45) is 0 Å². The molecular formula is C4H3Br2Cl2N. The van der Waals surface area contributed by atoms with Crippen molar-refractivity contribution in [1.82, 2.24) is 0 Å². The first-order valence-electron chi connectivity index (χ1n) is 2.06. The van der Waals surface area contributed by atoms with Crippen LogP contribution in [0.25, 0.3) is 0 Å². The van der Waals surface area contributed by atoms with E-state index in [4.69, 9.17) is 28.5 Å². The van der Waals surface area contributed by atoms with E-state index in [1.807, 2.05) is 6.07 Å². The van der Waals surface area contributed by atoms with Crippen molar-refractivity contribution in [1.29, 1.82) is 5.26 Å². The van der Waals surface area contributed by atoms with Crippen molar-refractivity contribution in [2.75, 3.05) is 0 Å². The lowest BCUT2D eigenvalue weighted by Crippen LogP contribution is -2.08. The fourth-order valence-corrected chi connectivity index (χ4v) is 2.17. The SMILES string of the molecule is N#CC(Br)CC(Cl)(Cl)Br. The minimum Gasteiger partial charge on any atom is -0.197 e. The Kier molecular flexibility index (Phi) is 4.48. The Morgan fingerprint density at radius 1 is 1.67 bits per heavy atom. The lowest BCUT2D eigenvalue weighted by molar-refractivity contribution is 0.933. The van der Waals surface area contributed by atoms with Gasteiger partial charge in [-0.1, -0.05) is 39.1 Å². The summed E-state index contributed by atoms with van der Waals surface area (Å²) in [5, 5.41) is 8.26. The Morgan fingerprint density at radius 2 is 2.11 bits per heavy atom. The van der Waals surface area contributed by atoms with Crippen molar-refractivity contribution >= 4 is 55.1 Å². The molecule has 1 nitrogen and oxygen atoms in total. The molecule has 0 amide bonds. The Morgan fingerprint density at radius 3 is 2.22 bits per heavy atom. The molecule has 0 heterocycles. The molecule has 0 radical (unpaired) electrons.